The second kappa shape index (κ2) is 9.43. The number of ether oxygens (including phenoxy) is 1. The third-order valence-corrected chi connectivity index (χ3v) is 4.82. The number of nitrogens with zero attached hydrogens (tertiary/aromatic N) is 4. The number of rotatable bonds is 7. The second-order valence-electron chi connectivity index (χ2n) is 7.18. The van der Waals surface area contributed by atoms with Gasteiger partial charge in [-0.15, -0.1) is 0 Å². The lowest BCUT2D eigenvalue weighted by Crippen LogP contribution is -2.21. The number of benzene rings is 2. The Morgan fingerprint density at radius 2 is 1.88 bits per heavy atom. The first-order valence-corrected chi connectivity index (χ1v) is 10.2. The highest BCUT2D eigenvalue weighted by Gasteiger charge is 2.15. The smallest absolute Gasteiger partial charge is 0.340 e. The molecule has 1 amide bonds. The summed E-state index contributed by atoms with van der Waals surface area (Å²) < 4.78 is 20.8. The van der Waals surface area contributed by atoms with Crippen LogP contribution in [0.25, 0.3) is 11.0 Å². The highest BCUT2D eigenvalue weighted by molar-refractivity contribution is 6.01. The Kier molecular flexibility index (Phi) is 6.25. The largest absolute Gasteiger partial charge is 0.462 e. The molecule has 0 atom stereocenters. The SMILES string of the molecule is CCOC(=O)c1ccccc1NC(=O)Cn1cc2c(=O)n(Cc3ccc(F)cc3)cnc2n1. The molecule has 0 saturated carbocycles. The summed E-state index contributed by atoms with van der Waals surface area (Å²) in [4.78, 5) is 41.6. The topological polar surface area (TPSA) is 108 Å². The van der Waals surface area contributed by atoms with Crippen molar-refractivity contribution in [2.75, 3.05) is 11.9 Å². The number of anilines is 1. The first-order chi connectivity index (χ1) is 15.9. The summed E-state index contributed by atoms with van der Waals surface area (Å²) in [7, 11) is 0. The van der Waals surface area contributed by atoms with E-state index in [9.17, 15) is 18.8 Å². The van der Waals surface area contributed by atoms with Gasteiger partial charge in [0.05, 0.1) is 24.4 Å². The molecule has 0 unspecified atom stereocenters. The molecule has 0 aliphatic heterocycles. The monoisotopic (exact) mass is 449 g/mol. The Labute approximate surface area is 187 Å². The second-order valence-corrected chi connectivity index (χ2v) is 7.18. The standard InChI is InChI=1S/C23H20FN5O4/c1-2-33-23(32)17-5-3-4-6-19(17)26-20(30)13-29-12-18-21(27-29)25-14-28(22(18)31)11-15-7-9-16(24)10-8-15/h3-10,12,14H,2,11,13H2,1H3,(H,26,30). The number of para-hydroxylation sites is 1. The van der Waals surface area contributed by atoms with Gasteiger partial charge >= 0.3 is 5.97 Å². The van der Waals surface area contributed by atoms with Crippen LogP contribution >= 0.6 is 0 Å². The van der Waals surface area contributed by atoms with Crippen LogP contribution in [-0.4, -0.2) is 37.8 Å². The van der Waals surface area contributed by atoms with Gasteiger partial charge in [-0.1, -0.05) is 24.3 Å². The zero-order chi connectivity index (χ0) is 23.4. The number of carbonyl (C=O) groups is 2. The first-order valence-electron chi connectivity index (χ1n) is 10.2. The van der Waals surface area contributed by atoms with E-state index in [-0.39, 0.29) is 47.7 Å². The minimum Gasteiger partial charge on any atom is -0.462 e. The molecule has 0 fully saturated rings. The van der Waals surface area contributed by atoms with Crippen molar-refractivity contribution in [2.24, 2.45) is 0 Å². The van der Waals surface area contributed by atoms with Crippen LogP contribution in [0.2, 0.25) is 0 Å². The van der Waals surface area contributed by atoms with Gasteiger partial charge in [-0.25, -0.2) is 14.2 Å². The van der Waals surface area contributed by atoms with E-state index in [1.54, 1.807) is 43.3 Å². The van der Waals surface area contributed by atoms with Crippen molar-refractivity contribution >= 4 is 28.6 Å². The molecule has 9 nitrogen and oxygen atoms in total. The van der Waals surface area contributed by atoms with E-state index < -0.39 is 11.9 Å². The molecule has 0 aliphatic rings. The van der Waals surface area contributed by atoms with Crippen LogP contribution in [0, 0.1) is 5.82 Å². The lowest BCUT2D eigenvalue weighted by Gasteiger charge is -2.10. The summed E-state index contributed by atoms with van der Waals surface area (Å²) in [5.74, 6) is -1.33. The predicted octanol–water partition coefficient (Wildman–Crippen LogP) is 2.60. The van der Waals surface area contributed by atoms with Crippen molar-refractivity contribution in [3.63, 3.8) is 0 Å². The van der Waals surface area contributed by atoms with E-state index in [1.165, 1.54) is 33.9 Å². The quantitative estimate of drug-likeness (QED) is 0.435. The average Bonchev–Trinajstić information content (AvgIpc) is 3.21. The Morgan fingerprint density at radius 1 is 1.12 bits per heavy atom. The van der Waals surface area contributed by atoms with Crippen molar-refractivity contribution in [1.82, 2.24) is 19.3 Å². The fourth-order valence-corrected chi connectivity index (χ4v) is 3.28. The molecule has 0 saturated heterocycles. The highest BCUT2D eigenvalue weighted by atomic mass is 19.1. The van der Waals surface area contributed by atoms with Gasteiger partial charge in [-0.05, 0) is 36.8 Å². The van der Waals surface area contributed by atoms with Crippen LogP contribution in [0.3, 0.4) is 0 Å². The molecular formula is C23H20FN5O4. The maximum Gasteiger partial charge on any atom is 0.340 e. The zero-order valence-corrected chi connectivity index (χ0v) is 17.7. The minimum absolute atomic E-state index is 0.190. The van der Waals surface area contributed by atoms with Crippen LogP contribution in [0.1, 0.15) is 22.8 Å². The number of halogens is 1. The number of aromatic nitrogens is 4. The molecule has 0 radical (unpaired) electrons. The van der Waals surface area contributed by atoms with E-state index in [2.05, 4.69) is 15.4 Å². The summed E-state index contributed by atoms with van der Waals surface area (Å²) in [6.45, 7) is 1.94. The molecule has 2 aromatic heterocycles. The molecule has 0 bridgehead atoms. The van der Waals surface area contributed by atoms with Crippen molar-refractivity contribution in [3.05, 3.63) is 88.4 Å². The van der Waals surface area contributed by atoms with Gasteiger partial charge in [-0.3, -0.25) is 18.8 Å². The van der Waals surface area contributed by atoms with Crippen molar-refractivity contribution in [3.8, 4) is 0 Å². The van der Waals surface area contributed by atoms with Crippen LogP contribution in [-0.2, 0) is 22.6 Å². The summed E-state index contributed by atoms with van der Waals surface area (Å²) in [5, 5.41) is 7.11. The molecule has 2 aromatic carbocycles. The molecule has 0 aliphatic carbocycles. The normalized spacial score (nSPS) is 10.8. The highest BCUT2D eigenvalue weighted by Crippen LogP contribution is 2.16. The maximum atomic E-state index is 13.1. The molecule has 0 spiro atoms. The van der Waals surface area contributed by atoms with Gasteiger partial charge in [0.2, 0.25) is 5.91 Å². The van der Waals surface area contributed by atoms with E-state index in [0.717, 1.165) is 5.56 Å². The Balaban J connectivity index is 1.51. The molecule has 1 N–H and O–H groups in total. The molecular weight excluding hydrogens is 429 g/mol. The van der Waals surface area contributed by atoms with E-state index in [1.807, 2.05) is 0 Å². The molecule has 168 valence electrons. The fourth-order valence-electron chi connectivity index (χ4n) is 3.28. The number of hydrogen-bond acceptors (Lipinski definition) is 6. The van der Waals surface area contributed by atoms with Gasteiger partial charge in [0.15, 0.2) is 5.65 Å². The lowest BCUT2D eigenvalue weighted by molar-refractivity contribution is -0.116. The number of nitrogens with one attached hydrogen (secondary N) is 1. The van der Waals surface area contributed by atoms with Gasteiger partial charge in [-0.2, -0.15) is 5.10 Å². The summed E-state index contributed by atoms with van der Waals surface area (Å²) in [6.07, 6.45) is 2.81. The molecule has 4 rings (SSSR count). The van der Waals surface area contributed by atoms with Crippen LogP contribution in [0.5, 0.6) is 0 Å². The van der Waals surface area contributed by atoms with E-state index in [0.29, 0.717) is 5.69 Å². The number of fused-ring (bicyclic) bond motifs is 1. The number of carbonyl (C=O) groups excluding carboxylic acids is 2. The molecule has 33 heavy (non-hydrogen) atoms. The number of hydrogen-bond donors (Lipinski definition) is 1. The van der Waals surface area contributed by atoms with Gasteiger partial charge in [0.1, 0.15) is 24.1 Å². The van der Waals surface area contributed by atoms with Gasteiger partial charge < -0.3 is 10.1 Å². The summed E-state index contributed by atoms with van der Waals surface area (Å²) in [6, 6.07) is 12.3. The van der Waals surface area contributed by atoms with Crippen molar-refractivity contribution in [1.29, 1.82) is 0 Å². The third kappa shape index (κ3) is 4.95. The zero-order valence-electron chi connectivity index (χ0n) is 17.7. The van der Waals surface area contributed by atoms with Crippen molar-refractivity contribution in [2.45, 2.75) is 20.0 Å². The minimum atomic E-state index is -0.538. The van der Waals surface area contributed by atoms with E-state index in [4.69, 9.17) is 4.74 Å². The first kappa shape index (κ1) is 21.9. The van der Waals surface area contributed by atoms with Crippen LogP contribution < -0.4 is 10.9 Å². The van der Waals surface area contributed by atoms with Crippen LogP contribution in [0.4, 0.5) is 10.1 Å². The third-order valence-electron chi connectivity index (χ3n) is 4.82. The number of esters is 1. The molecule has 10 heteroatoms. The molecule has 4 aromatic rings. The average molecular weight is 449 g/mol. The number of amides is 1. The Bertz CT molecular complexity index is 1380. The summed E-state index contributed by atoms with van der Waals surface area (Å²) in [5.41, 5.74) is 1.17. The van der Waals surface area contributed by atoms with Gasteiger partial charge in [0, 0.05) is 6.20 Å². The Hall–Kier alpha value is -4.34. The summed E-state index contributed by atoms with van der Waals surface area (Å²) >= 11 is 0. The maximum absolute atomic E-state index is 13.1. The molecule has 2 heterocycles. The fraction of sp³-hybridized carbons (Fsp3) is 0.174. The lowest BCUT2D eigenvalue weighted by atomic mass is 10.2. The van der Waals surface area contributed by atoms with E-state index >= 15 is 0 Å². The predicted molar refractivity (Wildman–Crippen MR) is 118 cm³/mol. The van der Waals surface area contributed by atoms with Gasteiger partial charge in [0.25, 0.3) is 5.56 Å². The van der Waals surface area contributed by atoms with Crippen molar-refractivity contribution < 1.29 is 18.7 Å². The van der Waals surface area contributed by atoms with Crippen LogP contribution in [0.15, 0.2) is 65.8 Å². The Morgan fingerprint density at radius 3 is 2.64 bits per heavy atom.